The van der Waals surface area contributed by atoms with Crippen LogP contribution < -0.4 is 11.1 Å². The molecular weight excluding hydrogens is 276 g/mol. The normalized spacial score (nSPS) is 18.0. The van der Waals surface area contributed by atoms with Crippen molar-refractivity contribution in [2.75, 3.05) is 5.32 Å². The van der Waals surface area contributed by atoms with Gasteiger partial charge in [0.25, 0.3) is 0 Å². The Bertz CT molecular complexity index is 685. The third-order valence-corrected chi connectivity index (χ3v) is 4.54. The molecule has 5 heteroatoms. The zero-order valence-corrected chi connectivity index (χ0v) is 13.3. The highest BCUT2D eigenvalue weighted by molar-refractivity contribution is 5.98. The van der Waals surface area contributed by atoms with Gasteiger partial charge in [0.05, 0.1) is 16.6 Å². The van der Waals surface area contributed by atoms with Gasteiger partial charge in [-0.1, -0.05) is 19.8 Å². The van der Waals surface area contributed by atoms with Gasteiger partial charge in [0.2, 0.25) is 5.91 Å². The predicted octanol–water partition coefficient (Wildman–Crippen LogP) is 3.29. The third kappa shape index (κ3) is 2.86. The molecule has 0 spiro atoms. The number of H-pyrrole nitrogens is 1. The Balaban J connectivity index is 1.78. The molecule has 1 amide bonds. The van der Waals surface area contributed by atoms with Crippen LogP contribution in [0.1, 0.15) is 57.7 Å². The van der Waals surface area contributed by atoms with Crippen LogP contribution in [-0.2, 0) is 4.79 Å². The molecule has 1 aliphatic rings. The van der Waals surface area contributed by atoms with Crippen LogP contribution in [0.15, 0.2) is 18.2 Å². The highest BCUT2D eigenvalue weighted by Gasteiger charge is 2.27. The Kier molecular flexibility index (Phi) is 3.91. The summed E-state index contributed by atoms with van der Waals surface area (Å²) in [5.74, 6) is 1.49. The molecular formula is C17H24N4O. The van der Waals surface area contributed by atoms with Crippen LogP contribution in [0.25, 0.3) is 11.0 Å². The molecule has 1 fully saturated rings. The minimum Gasteiger partial charge on any atom is -0.342 e. The van der Waals surface area contributed by atoms with Crippen molar-refractivity contribution in [2.45, 2.75) is 57.4 Å². The Hall–Kier alpha value is -1.88. The van der Waals surface area contributed by atoms with Crippen molar-refractivity contribution in [1.82, 2.24) is 9.97 Å². The fourth-order valence-electron chi connectivity index (χ4n) is 2.89. The quantitative estimate of drug-likeness (QED) is 0.792. The maximum absolute atomic E-state index is 12.3. The third-order valence-electron chi connectivity index (χ3n) is 4.54. The summed E-state index contributed by atoms with van der Waals surface area (Å²) in [5, 5.41) is 2.91. The first-order valence-electron chi connectivity index (χ1n) is 8.09. The number of hydrogen-bond donors (Lipinski definition) is 3. The average molecular weight is 300 g/mol. The average Bonchev–Trinajstić information content (AvgIpc) is 2.78. The number of rotatable bonds is 5. The van der Waals surface area contributed by atoms with Crippen molar-refractivity contribution in [2.24, 2.45) is 5.73 Å². The predicted molar refractivity (Wildman–Crippen MR) is 88.8 cm³/mol. The van der Waals surface area contributed by atoms with Gasteiger partial charge in [-0.2, -0.15) is 0 Å². The number of hydrogen-bond acceptors (Lipinski definition) is 3. The molecule has 1 aromatic heterocycles. The number of carbonyl (C=O) groups is 1. The van der Waals surface area contributed by atoms with Gasteiger partial charge < -0.3 is 16.0 Å². The van der Waals surface area contributed by atoms with Crippen molar-refractivity contribution >= 4 is 22.6 Å². The standard InChI is InChI=1S/C17H24N4O/c1-3-9-17(2,18)16(22)19-12-7-8-13-14(10-12)21-15(20-13)11-5-4-6-11/h7-8,10-11H,3-6,9,18H2,1-2H3,(H,19,22)(H,20,21). The Morgan fingerprint density at radius 3 is 2.91 bits per heavy atom. The monoisotopic (exact) mass is 300 g/mol. The molecule has 1 saturated carbocycles. The fourth-order valence-corrected chi connectivity index (χ4v) is 2.89. The molecule has 0 bridgehead atoms. The number of fused-ring (bicyclic) bond motifs is 1. The molecule has 1 aliphatic carbocycles. The lowest BCUT2D eigenvalue weighted by atomic mass is 9.85. The SMILES string of the molecule is CCCC(C)(N)C(=O)Nc1ccc2nc(C3CCC3)[nH]c2c1. The van der Waals surface area contributed by atoms with E-state index in [1.54, 1.807) is 6.92 Å². The molecule has 1 aromatic carbocycles. The van der Waals surface area contributed by atoms with E-state index in [0.717, 1.165) is 29.0 Å². The molecule has 1 heterocycles. The van der Waals surface area contributed by atoms with Crippen molar-refractivity contribution < 1.29 is 4.79 Å². The Labute approximate surface area is 130 Å². The van der Waals surface area contributed by atoms with Crippen LogP contribution in [0.3, 0.4) is 0 Å². The van der Waals surface area contributed by atoms with Gasteiger partial charge in [-0.15, -0.1) is 0 Å². The van der Waals surface area contributed by atoms with Gasteiger partial charge in [0.15, 0.2) is 0 Å². The van der Waals surface area contributed by atoms with E-state index < -0.39 is 5.54 Å². The molecule has 0 saturated heterocycles. The van der Waals surface area contributed by atoms with Gasteiger partial charge in [0.1, 0.15) is 5.82 Å². The minimum absolute atomic E-state index is 0.146. The minimum atomic E-state index is -0.839. The fraction of sp³-hybridized carbons (Fsp3) is 0.529. The highest BCUT2D eigenvalue weighted by atomic mass is 16.2. The zero-order valence-electron chi connectivity index (χ0n) is 13.3. The Morgan fingerprint density at radius 2 is 2.27 bits per heavy atom. The van der Waals surface area contributed by atoms with Crippen LogP contribution in [0.5, 0.6) is 0 Å². The van der Waals surface area contributed by atoms with Gasteiger partial charge in [-0.05, 0) is 44.4 Å². The number of benzene rings is 1. The lowest BCUT2D eigenvalue weighted by Gasteiger charge is -2.22. The van der Waals surface area contributed by atoms with E-state index in [-0.39, 0.29) is 5.91 Å². The number of imidazole rings is 1. The van der Waals surface area contributed by atoms with E-state index in [9.17, 15) is 4.79 Å². The number of nitrogens with one attached hydrogen (secondary N) is 2. The van der Waals surface area contributed by atoms with Crippen molar-refractivity contribution in [3.8, 4) is 0 Å². The highest BCUT2D eigenvalue weighted by Crippen LogP contribution is 2.35. The number of aromatic amines is 1. The summed E-state index contributed by atoms with van der Waals surface area (Å²) in [6, 6.07) is 5.76. The summed E-state index contributed by atoms with van der Waals surface area (Å²) in [4.78, 5) is 20.3. The number of aromatic nitrogens is 2. The largest absolute Gasteiger partial charge is 0.342 e. The van der Waals surface area contributed by atoms with E-state index in [1.165, 1.54) is 19.3 Å². The molecule has 0 aliphatic heterocycles. The van der Waals surface area contributed by atoms with Crippen LogP contribution in [0.4, 0.5) is 5.69 Å². The van der Waals surface area contributed by atoms with Gasteiger partial charge in [0, 0.05) is 11.6 Å². The molecule has 22 heavy (non-hydrogen) atoms. The first-order chi connectivity index (χ1) is 10.5. The summed E-state index contributed by atoms with van der Waals surface area (Å²) in [6.45, 7) is 3.80. The summed E-state index contributed by atoms with van der Waals surface area (Å²) in [5.41, 5.74) is 7.90. The molecule has 2 aromatic rings. The topological polar surface area (TPSA) is 83.8 Å². The van der Waals surface area contributed by atoms with E-state index in [2.05, 4.69) is 15.3 Å². The van der Waals surface area contributed by atoms with Crippen LogP contribution >= 0.6 is 0 Å². The van der Waals surface area contributed by atoms with Gasteiger partial charge >= 0.3 is 0 Å². The first-order valence-corrected chi connectivity index (χ1v) is 8.09. The summed E-state index contributed by atoms with van der Waals surface area (Å²) >= 11 is 0. The van der Waals surface area contributed by atoms with Crippen molar-refractivity contribution in [3.05, 3.63) is 24.0 Å². The second kappa shape index (κ2) is 5.72. The summed E-state index contributed by atoms with van der Waals surface area (Å²) in [6.07, 6.45) is 5.26. The molecule has 118 valence electrons. The molecule has 1 unspecified atom stereocenters. The van der Waals surface area contributed by atoms with E-state index in [0.29, 0.717) is 12.3 Å². The maximum Gasteiger partial charge on any atom is 0.244 e. The molecule has 4 N–H and O–H groups in total. The van der Waals surface area contributed by atoms with Crippen LogP contribution in [0.2, 0.25) is 0 Å². The van der Waals surface area contributed by atoms with Gasteiger partial charge in [-0.3, -0.25) is 4.79 Å². The van der Waals surface area contributed by atoms with Crippen LogP contribution in [-0.4, -0.2) is 21.4 Å². The zero-order chi connectivity index (χ0) is 15.7. The van der Waals surface area contributed by atoms with E-state index in [1.807, 2.05) is 25.1 Å². The summed E-state index contributed by atoms with van der Waals surface area (Å²) < 4.78 is 0. The number of nitrogens with two attached hydrogens (primary N) is 1. The maximum atomic E-state index is 12.3. The molecule has 5 nitrogen and oxygen atoms in total. The second-order valence-electron chi connectivity index (χ2n) is 6.60. The van der Waals surface area contributed by atoms with Gasteiger partial charge in [-0.25, -0.2) is 4.98 Å². The number of nitrogens with zero attached hydrogens (tertiary/aromatic N) is 1. The Morgan fingerprint density at radius 1 is 1.50 bits per heavy atom. The van der Waals surface area contributed by atoms with Crippen LogP contribution in [0, 0.1) is 0 Å². The van der Waals surface area contributed by atoms with E-state index in [4.69, 9.17) is 5.73 Å². The number of amides is 1. The lowest BCUT2D eigenvalue weighted by molar-refractivity contribution is -0.120. The van der Waals surface area contributed by atoms with Crippen molar-refractivity contribution in [1.29, 1.82) is 0 Å². The molecule has 3 rings (SSSR count). The second-order valence-corrected chi connectivity index (χ2v) is 6.60. The lowest BCUT2D eigenvalue weighted by Crippen LogP contribution is -2.48. The summed E-state index contributed by atoms with van der Waals surface area (Å²) in [7, 11) is 0. The van der Waals surface area contributed by atoms with E-state index >= 15 is 0 Å². The molecule has 1 atom stereocenters. The van der Waals surface area contributed by atoms with Crippen molar-refractivity contribution in [3.63, 3.8) is 0 Å². The first kappa shape index (κ1) is 15.0. The molecule has 0 radical (unpaired) electrons. The number of anilines is 1. The number of carbonyl (C=O) groups excluding carboxylic acids is 1. The smallest absolute Gasteiger partial charge is 0.244 e.